The number of carbonyl (C=O) groups excluding carboxylic acids is 1. The highest BCUT2D eigenvalue weighted by Gasteiger charge is 2.18. The molecule has 0 amide bonds. The van der Waals surface area contributed by atoms with Crippen molar-refractivity contribution in [1.82, 2.24) is 4.90 Å². The summed E-state index contributed by atoms with van der Waals surface area (Å²) in [5, 5.41) is 0. The predicted molar refractivity (Wildman–Crippen MR) is 60.8 cm³/mol. The van der Waals surface area contributed by atoms with Gasteiger partial charge >= 0.3 is 5.97 Å². The number of furan rings is 1. The Kier molecular flexibility index (Phi) is 4.17. The molecular formula is C12H17NO4. The fourth-order valence-electron chi connectivity index (χ4n) is 1.82. The van der Waals surface area contributed by atoms with Crippen molar-refractivity contribution < 1.29 is 18.7 Å². The predicted octanol–water partition coefficient (Wildman–Crippen LogP) is 1.16. The summed E-state index contributed by atoms with van der Waals surface area (Å²) in [6.45, 7) is 5.90. The highest BCUT2D eigenvalue weighted by Crippen LogP contribution is 2.06. The molecule has 1 fully saturated rings. The van der Waals surface area contributed by atoms with Gasteiger partial charge in [0.05, 0.1) is 19.5 Å². The molecule has 0 aromatic carbocycles. The molecule has 5 nitrogen and oxygen atoms in total. The maximum absolute atomic E-state index is 11.6. The maximum Gasteiger partial charge on any atom is 0.374 e. The Balaban J connectivity index is 1.76. The van der Waals surface area contributed by atoms with Gasteiger partial charge in [0.15, 0.2) is 0 Å². The molecule has 0 spiro atoms. The Morgan fingerprint density at radius 2 is 2.29 bits per heavy atom. The van der Waals surface area contributed by atoms with E-state index in [4.69, 9.17) is 13.9 Å². The third-order valence-corrected chi connectivity index (χ3v) is 2.65. The van der Waals surface area contributed by atoms with Gasteiger partial charge < -0.3 is 13.9 Å². The fraction of sp³-hybridized carbons (Fsp3) is 0.583. The molecule has 1 atom stereocenters. The summed E-state index contributed by atoms with van der Waals surface area (Å²) in [7, 11) is 0. The lowest BCUT2D eigenvalue weighted by Crippen LogP contribution is -2.41. The average molecular weight is 239 g/mol. The highest BCUT2D eigenvalue weighted by atomic mass is 16.6. The van der Waals surface area contributed by atoms with E-state index in [2.05, 4.69) is 4.90 Å². The van der Waals surface area contributed by atoms with Gasteiger partial charge in [-0.2, -0.15) is 0 Å². The smallest absolute Gasteiger partial charge is 0.374 e. The van der Waals surface area contributed by atoms with Gasteiger partial charge in [-0.05, 0) is 19.1 Å². The Hall–Kier alpha value is -1.33. The monoisotopic (exact) mass is 239 g/mol. The van der Waals surface area contributed by atoms with Crippen LogP contribution in [0.25, 0.3) is 0 Å². The summed E-state index contributed by atoms with van der Waals surface area (Å²) in [6.07, 6.45) is 1.31. The zero-order valence-corrected chi connectivity index (χ0v) is 9.93. The van der Waals surface area contributed by atoms with E-state index in [9.17, 15) is 4.79 Å². The van der Waals surface area contributed by atoms with E-state index in [0.717, 1.165) is 32.8 Å². The van der Waals surface area contributed by atoms with Gasteiger partial charge in [0, 0.05) is 19.6 Å². The lowest BCUT2D eigenvalue weighted by molar-refractivity contribution is -0.00124. The first-order valence-electron chi connectivity index (χ1n) is 5.80. The number of esters is 1. The van der Waals surface area contributed by atoms with Crippen LogP contribution in [0.15, 0.2) is 22.8 Å². The summed E-state index contributed by atoms with van der Waals surface area (Å²) in [4.78, 5) is 13.8. The van der Waals surface area contributed by atoms with Gasteiger partial charge in [0.2, 0.25) is 5.76 Å². The van der Waals surface area contributed by atoms with E-state index in [-0.39, 0.29) is 11.9 Å². The van der Waals surface area contributed by atoms with Crippen molar-refractivity contribution >= 4 is 5.97 Å². The Morgan fingerprint density at radius 3 is 2.94 bits per heavy atom. The molecular weight excluding hydrogens is 222 g/mol. The van der Waals surface area contributed by atoms with Crippen molar-refractivity contribution in [2.75, 3.05) is 32.8 Å². The van der Waals surface area contributed by atoms with Crippen LogP contribution in [0.2, 0.25) is 0 Å². The molecule has 1 aromatic heterocycles. The number of morpholine rings is 1. The summed E-state index contributed by atoms with van der Waals surface area (Å²) in [5.41, 5.74) is 0. The number of hydrogen-bond acceptors (Lipinski definition) is 5. The number of nitrogens with zero attached hydrogens (tertiary/aromatic N) is 1. The van der Waals surface area contributed by atoms with Crippen molar-refractivity contribution in [2.24, 2.45) is 0 Å². The largest absolute Gasteiger partial charge is 0.457 e. The fourth-order valence-corrected chi connectivity index (χ4v) is 1.82. The first-order valence-corrected chi connectivity index (χ1v) is 5.80. The van der Waals surface area contributed by atoms with Crippen molar-refractivity contribution in [3.05, 3.63) is 24.2 Å². The van der Waals surface area contributed by atoms with Crippen LogP contribution in [-0.4, -0.2) is 49.8 Å². The van der Waals surface area contributed by atoms with Gasteiger partial charge in [-0.1, -0.05) is 0 Å². The summed E-state index contributed by atoms with van der Waals surface area (Å²) in [6, 6.07) is 3.27. The summed E-state index contributed by atoms with van der Waals surface area (Å²) in [5.74, 6) is -0.158. The van der Waals surface area contributed by atoms with Crippen LogP contribution in [0, 0.1) is 0 Å². The minimum atomic E-state index is -0.407. The molecule has 0 radical (unpaired) electrons. The van der Waals surface area contributed by atoms with Gasteiger partial charge in [0.25, 0.3) is 0 Å². The second kappa shape index (κ2) is 5.84. The molecule has 1 aromatic rings. The molecule has 1 aliphatic heterocycles. The summed E-state index contributed by atoms with van der Waals surface area (Å²) >= 11 is 0. The minimum absolute atomic E-state index is 0.148. The zero-order valence-electron chi connectivity index (χ0n) is 9.93. The normalized spacial score (nSPS) is 18.9. The van der Waals surface area contributed by atoms with E-state index < -0.39 is 5.97 Å². The molecule has 0 unspecified atom stereocenters. The quantitative estimate of drug-likeness (QED) is 0.738. The van der Waals surface area contributed by atoms with Crippen LogP contribution in [-0.2, 0) is 9.47 Å². The summed E-state index contributed by atoms with van der Waals surface area (Å²) < 4.78 is 15.5. The van der Waals surface area contributed by atoms with Crippen LogP contribution in [0.1, 0.15) is 17.5 Å². The van der Waals surface area contributed by atoms with Gasteiger partial charge in [0.1, 0.15) is 6.10 Å². The first kappa shape index (κ1) is 12.1. The van der Waals surface area contributed by atoms with Gasteiger partial charge in [-0.3, -0.25) is 4.90 Å². The molecule has 0 bridgehead atoms. The van der Waals surface area contributed by atoms with Crippen molar-refractivity contribution in [3.63, 3.8) is 0 Å². The van der Waals surface area contributed by atoms with Crippen LogP contribution in [0.5, 0.6) is 0 Å². The van der Waals surface area contributed by atoms with Gasteiger partial charge in [-0.25, -0.2) is 4.79 Å². The van der Waals surface area contributed by atoms with E-state index in [1.54, 1.807) is 12.1 Å². The second-order valence-electron chi connectivity index (χ2n) is 4.11. The van der Waals surface area contributed by atoms with E-state index in [1.807, 2.05) is 6.92 Å². The van der Waals surface area contributed by atoms with Crippen LogP contribution < -0.4 is 0 Å². The van der Waals surface area contributed by atoms with Crippen LogP contribution in [0.4, 0.5) is 0 Å². The Morgan fingerprint density at radius 1 is 1.53 bits per heavy atom. The molecule has 2 heterocycles. The van der Waals surface area contributed by atoms with E-state index in [0.29, 0.717) is 0 Å². The SMILES string of the molecule is C[C@H](CN1CCOCC1)OC(=O)c1ccco1. The number of hydrogen-bond donors (Lipinski definition) is 0. The molecule has 0 N–H and O–H groups in total. The average Bonchev–Trinajstić information content (AvgIpc) is 2.83. The topological polar surface area (TPSA) is 51.9 Å². The molecule has 17 heavy (non-hydrogen) atoms. The van der Waals surface area contributed by atoms with Crippen molar-refractivity contribution in [1.29, 1.82) is 0 Å². The Labute approximate surface area is 100 Å². The molecule has 1 saturated heterocycles. The third-order valence-electron chi connectivity index (χ3n) is 2.65. The molecule has 0 aliphatic carbocycles. The lowest BCUT2D eigenvalue weighted by atomic mass is 10.3. The molecule has 1 aliphatic rings. The third kappa shape index (κ3) is 3.57. The Bertz CT molecular complexity index is 343. The van der Waals surface area contributed by atoms with Crippen molar-refractivity contribution in [2.45, 2.75) is 13.0 Å². The van der Waals surface area contributed by atoms with Crippen LogP contribution >= 0.6 is 0 Å². The van der Waals surface area contributed by atoms with Crippen LogP contribution in [0.3, 0.4) is 0 Å². The highest BCUT2D eigenvalue weighted by molar-refractivity contribution is 5.86. The number of carbonyl (C=O) groups is 1. The van der Waals surface area contributed by atoms with E-state index in [1.165, 1.54) is 6.26 Å². The van der Waals surface area contributed by atoms with Gasteiger partial charge in [-0.15, -0.1) is 0 Å². The van der Waals surface area contributed by atoms with E-state index >= 15 is 0 Å². The number of rotatable bonds is 4. The second-order valence-corrected chi connectivity index (χ2v) is 4.11. The zero-order chi connectivity index (χ0) is 12.1. The molecule has 0 saturated carbocycles. The standard InChI is InChI=1S/C12H17NO4/c1-10(9-13-4-7-15-8-5-13)17-12(14)11-3-2-6-16-11/h2-3,6,10H,4-5,7-9H2,1H3/t10-/m1/s1. The maximum atomic E-state index is 11.6. The van der Waals surface area contributed by atoms with Crippen molar-refractivity contribution in [3.8, 4) is 0 Å². The lowest BCUT2D eigenvalue weighted by Gasteiger charge is -2.28. The molecule has 5 heteroatoms. The number of ether oxygens (including phenoxy) is 2. The molecule has 2 rings (SSSR count). The first-order chi connectivity index (χ1) is 8.25. The minimum Gasteiger partial charge on any atom is -0.457 e. The molecule has 94 valence electrons.